The molecule has 1 saturated carbocycles. The summed E-state index contributed by atoms with van der Waals surface area (Å²) in [6.45, 7) is 7.02. The van der Waals surface area contributed by atoms with Gasteiger partial charge in [-0.1, -0.05) is 25.3 Å². The Labute approximate surface area is 145 Å². The van der Waals surface area contributed by atoms with Crippen LogP contribution in [0.1, 0.15) is 43.6 Å². The van der Waals surface area contributed by atoms with Crippen LogP contribution in [0.5, 0.6) is 0 Å². The molecule has 2 aliphatic rings. The fourth-order valence-electron chi connectivity index (χ4n) is 4.25. The van der Waals surface area contributed by atoms with Gasteiger partial charge in [-0.25, -0.2) is 0 Å². The third-order valence-electron chi connectivity index (χ3n) is 5.55. The number of nitrogens with one attached hydrogen (secondary N) is 1. The molecule has 0 aromatic carbocycles. The molecule has 2 heterocycles. The van der Waals surface area contributed by atoms with E-state index >= 15 is 0 Å². The first-order chi connectivity index (χ1) is 11.7. The second kappa shape index (κ2) is 7.97. The molecule has 0 unspecified atom stereocenters. The smallest absolute Gasteiger partial charge is 0.227 e. The van der Waals surface area contributed by atoms with Gasteiger partial charge in [-0.3, -0.25) is 9.48 Å². The molecule has 1 aliphatic carbocycles. The predicted molar refractivity (Wildman–Crippen MR) is 95.7 cm³/mol. The molecule has 1 N–H and O–H groups in total. The van der Waals surface area contributed by atoms with Crippen LogP contribution < -0.4 is 5.32 Å². The van der Waals surface area contributed by atoms with Crippen molar-refractivity contribution in [2.45, 2.75) is 38.0 Å². The first-order valence-electron chi connectivity index (χ1n) is 9.28. The van der Waals surface area contributed by atoms with Crippen LogP contribution in [0.25, 0.3) is 0 Å². The zero-order valence-electron chi connectivity index (χ0n) is 14.8. The lowest BCUT2D eigenvalue weighted by Crippen LogP contribution is -2.42. The SMILES string of the molecule is C=CCN(CC1CCCCC1)C(=O)[C@H]1CNC[C@@H]1c1cnn(C)c1. The van der Waals surface area contributed by atoms with Crippen LogP contribution >= 0.6 is 0 Å². The third-order valence-corrected chi connectivity index (χ3v) is 5.55. The van der Waals surface area contributed by atoms with E-state index in [9.17, 15) is 4.79 Å². The second-order valence-electron chi connectivity index (χ2n) is 7.35. The lowest BCUT2D eigenvalue weighted by molar-refractivity contribution is -0.135. The van der Waals surface area contributed by atoms with Crippen molar-refractivity contribution < 1.29 is 4.79 Å². The highest BCUT2D eigenvalue weighted by Gasteiger charge is 2.37. The first kappa shape index (κ1) is 17.2. The van der Waals surface area contributed by atoms with Crippen molar-refractivity contribution in [1.82, 2.24) is 20.0 Å². The highest BCUT2D eigenvalue weighted by Crippen LogP contribution is 2.31. The molecule has 1 amide bonds. The van der Waals surface area contributed by atoms with E-state index in [4.69, 9.17) is 0 Å². The van der Waals surface area contributed by atoms with Gasteiger partial charge in [0.1, 0.15) is 0 Å². The van der Waals surface area contributed by atoms with E-state index in [1.165, 1.54) is 32.1 Å². The van der Waals surface area contributed by atoms with Gasteiger partial charge in [0.15, 0.2) is 0 Å². The molecular weight excluding hydrogens is 300 g/mol. The lowest BCUT2D eigenvalue weighted by Gasteiger charge is -2.32. The van der Waals surface area contributed by atoms with Crippen LogP contribution in [0.3, 0.4) is 0 Å². The molecular formula is C19H30N4O. The van der Waals surface area contributed by atoms with Crippen molar-refractivity contribution in [2.24, 2.45) is 18.9 Å². The van der Waals surface area contributed by atoms with E-state index in [2.05, 4.69) is 17.0 Å². The first-order valence-corrected chi connectivity index (χ1v) is 9.28. The maximum absolute atomic E-state index is 13.2. The fourth-order valence-corrected chi connectivity index (χ4v) is 4.25. The minimum atomic E-state index is 0.0118. The van der Waals surface area contributed by atoms with Gasteiger partial charge >= 0.3 is 0 Å². The van der Waals surface area contributed by atoms with E-state index in [1.54, 1.807) is 0 Å². The number of nitrogens with zero attached hydrogens (tertiary/aromatic N) is 3. The second-order valence-corrected chi connectivity index (χ2v) is 7.35. The van der Waals surface area contributed by atoms with Crippen molar-refractivity contribution in [2.75, 3.05) is 26.2 Å². The standard InChI is InChI=1S/C19H30N4O/c1-3-9-23(13-15-7-5-4-6-8-15)19(24)18-12-20-11-17(18)16-10-21-22(2)14-16/h3,10,14-15,17-18,20H,1,4-9,11-13H2,2H3/t17-,18+/m1/s1. The minimum Gasteiger partial charge on any atom is -0.338 e. The monoisotopic (exact) mass is 330 g/mol. The van der Waals surface area contributed by atoms with E-state index < -0.39 is 0 Å². The average molecular weight is 330 g/mol. The Kier molecular flexibility index (Phi) is 5.72. The maximum Gasteiger partial charge on any atom is 0.227 e. The molecule has 1 aromatic rings. The quantitative estimate of drug-likeness (QED) is 0.815. The number of aromatic nitrogens is 2. The molecule has 0 bridgehead atoms. The Balaban J connectivity index is 1.69. The van der Waals surface area contributed by atoms with Gasteiger partial charge in [-0.2, -0.15) is 5.10 Å². The lowest BCUT2D eigenvalue weighted by atomic mass is 9.87. The number of carbonyl (C=O) groups excluding carboxylic acids is 1. The zero-order chi connectivity index (χ0) is 16.9. The highest BCUT2D eigenvalue weighted by atomic mass is 16.2. The number of hydrogen-bond donors (Lipinski definition) is 1. The summed E-state index contributed by atoms with van der Waals surface area (Å²) in [7, 11) is 1.93. The van der Waals surface area contributed by atoms with Crippen molar-refractivity contribution >= 4 is 5.91 Å². The summed E-state index contributed by atoms with van der Waals surface area (Å²) in [5.41, 5.74) is 1.16. The fraction of sp³-hybridized carbons (Fsp3) is 0.684. The van der Waals surface area contributed by atoms with Crippen LogP contribution in [0, 0.1) is 11.8 Å². The Morgan fingerprint density at radius 2 is 2.21 bits per heavy atom. The van der Waals surface area contributed by atoms with E-state index in [0.29, 0.717) is 12.5 Å². The average Bonchev–Trinajstić information content (AvgIpc) is 3.23. The van der Waals surface area contributed by atoms with Crippen LogP contribution in [0.4, 0.5) is 0 Å². The van der Waals surface area contributed by atoms with Crippen molar-refractivity contribution in [1.29, 1.82) is 0 Å². The molecule has 0 spiro atoms. The number of hydrogen-bond acceptors (Lipinski definition) is 3. The van der Waals surface area contributed by atoms with Crippen molar-refractivity contribution in [3.05, 3.63) is 30.6 Å². The van der Waals surface area contributed by atoms with Gasteiger partial charge in [0.2, 0.25) is 5.91 Å². The van der Waals surface area contributed by atoms with Gasteiger partial charge in [-0.15, -0.1) is 6.58 Å². The summed E-state index contributed by atoms with van der Waals surface area (Å²) in [6.07, 6.45) is 12.3. The predicted octanol–water partition coefficient (Wildman–Crippen LogP) is 2.32. The van der Waals surface area contributed by atoms with Gasteiger partial charge in [0, 0.05) is 45.3 Å². The Morgan fingerprint density at radius 3 is 2.88 bits per heavy atom. The molecule has 0 radical (unpaired) electrons. The summed E-state index contributed by atoms with van der Waals surface area (Å²) in [4.78, 5) is 15.3. The van der Waals surface area contributed by atoms with E-state index in [0.717, 1.165) is 25.2 Å². The van der Waals surface area contributed by atoms with Crippen LogP contribution in [-0.4, -0.2) is 46.8 Å². The summed E-state index contributed by atoms with van der Waals surface area (Å²) in [6, 6.07) is 0. The highest BCUT2D eigenvalue weighted by molar-refractivity contribution is 5.80. The van der Waals surface area contributed by atoms with Crippen molar-refractivity contribution in [3.8, 4) is 0 Å². The third kappa shape index (κ3) is 3.89. The number of aryl methyl sites for hydroxylation is 1. The normalized spacial score (nSPS) is 24.9. The molecule has 132 valence electrons. The number of rotatable bonds is 6. The Hall–Kier alpha value is -1.62. The topological polar surface area (TPSA) is 50.2 Å². The summed E-state index contributed by atoms with van der Waals surface area (Å²) in [5, 5.41) is 7.68. The molecule has 24 heavy (non-hydrogen) atoms. The molecule has 5 heteroatoms. The molecule has 2 atom stereocenters. The van der Waals surface area contributed by atoms with Crippen molar-refractivity contribution in [3.63, 3.8) is 0 Å². The molecule has 2 fully saturated rings. The molecule has 1 aliphatic heterocycles. The van der Waals surface area contributed by atoms with Gasteiger partial charge < -0.3 is 10.2 Å². The molecule has 1 saturated heterocycles. The van der Waals surface area contributed by atoms with Crippen LogP contribution in [-0.2, 0) is 11.8 Å². The van der Waals surface area contributed by atoms with E-state index in [-0.39, 0.29) is 17.7 Å². The maximum atomic E-state index is 13.2. The summed E-state index contributed by atoms with van der Waals surface area (Å²) in [5.74, 6) is 1.18. The zero-order valence-corrected chi connectivity index (χ0v) is 14.8. The minimum absolute atomic E-state index is 0.0118. The molecule has 1 aromatic heterocycles. The number of carbonyl (C=O) groups is 1. The summed E-state index contributed by atoms with van der Waals surface area (Å²) < 4.78 is 1.82. The van der Waals surface area contributed by atoms with Gasteiger partial charge in [0.25, 0.3) is 0 Å². The van der Waals surface area contributed by atoms with E-state index in [1.807, 2.05) is 35.1 Å². The van der Waals surface area contributed by atoms with Gasteiger partial charge in [0.05, 0.1) is 12.1 Å². The molecule has 3 rings (SSSR count). The molecule has 5 nitrogen and oxygen atoms in total. The van der Waals surface area contributed by atoms with Gasteiger partial charge in [-0.05, 0) is 24.3 Å². The summed E-state index contributed by atoms with van der Waals surface area (Å²) >= 11 is 0. The van der Waals surface area contributed by atoms with Crippen LogP contribution in [0.15, 0.2) is 25.0 Å². The number of amides is 1. The van der Waals surface area contributed by atoms with Crippen LogP contribution in [0.2, 0.25) is 0 Å². The Morgan fingerprint density at radius 1 is 1.42 bits per heavy atom. The largest absolute Gasteiger partial charge is 0.338 e. The Bertz CT molecular complexity index is 561.